The number of fused-ring (bicyclic) bond motifs is 1. The maximum absolute atomic E-state index is 8.98. The molecule has 4 heteroatoms. The highest BCUT2D eigenvalue weighted by Gasteiger charge is 2.26. The van der Waals surface area contributed by atoms with Crippen LogP contribution in [0.4, 0.5) is 5.88 Å². The predicted octanol–water partition coefficient (Wildman–Crippen LogP) is 1.82. The molecule has 0 amide bonds. The van der Waals surface area contributed by atoms with Gasteiger partial charge in [0.05, 0.1) is 6.54 Å². The quantitative estimate of drug-likeness (QED) is 0.633. The smallest absolute Gasteiger partial charge is 0.237 e. The van der Waals surface area contributed by atoms with Gasteiger partial charge in [0.1, 0.15) is 17.4 Å². The molecule has 1 aliphatic heterocycles. The first kappa shape index (κ1) is 8.97. The number of furan rings is 1. The molecule has 0 fully saturated rings. The van der Waals surface area contributed by atoms with E-state index in [9.17, 15) is 0 Å². The van der Waals surface area contributed by atoms with E-state index in [0.717, 1.165) is 24.4 Å². The summed E-state index contributed by atoms with van der Waals surface area (Å²) >= 11 is 0. The van der Waals surface area contributed by atoms with Gasteiger partial charge < -0.3 is 4.42 Å². The summed E-state index contributed by atoms with van der Waals surface area (Å²) in [5, 5.41) is 8.98. The topological polar surface area (TPSA) is 52.5 Å². The molecule has 0 radical (unpaired) electrons. The van der Waals surface area contributed by atoms with Crippen molar-refractivity contribution in [3.8, 4) is 6.07 Å². The SMILES string of the molecule is C/C=N/c1oc2c(c1C#N)CN(C)C2. The molecule has 0 spiro atoms. The van der Waals surface area contributed by atoms with Crippen molar-refractivity contribution in [1.29, 1.82) is 5.26 Å². The zero-order chi connectivity index (χ0) is 10.1. The normalized spacial score (nSPS) is 16.1. The van der Waals surface area contributed by atoms with Crippen molar-refractivity contribution in [1.82, 2.24) is 4.90 Å². The second-order valence-corrected chi connectivity index (χ2v) is 3.36. The minimum atomic E-state index is 0.452. The summed E-state index contributed by atoms with van der Waals surface area (Å²) in [6.07, 6.45) is 1.64. The van der Waals surface area contributed by atoms with Crippen molar-refractivity contribution >= 4 is 12.1 Å². The molecule has 2 heterocycles. The average Bonchev–Trinajstić information content (AvgIpc) is 2.61. The minimum Gasteiger partial charge on any atom is -0.440 e. The Balaban J connectivity index is 2.50. The summed E-state index contributed by atoms with van der Waals surface area (Å²) in [4.78, 5) is 6.14. The highest BCUT2D eigenvalue weighted by atomic mass is 16.4. The van der Waals surface area contributed by atoms with Crippen molar-refractivity contribution in [2.75, 3.05) is 7.05 Å². The van der Waals surface area contributed by atoms with Crippen LogP contribution in [0, 0.1) is 11.3 Å². The summed E-state index contributed by atoms with van der Waals surface area (Å²) < 4.78 is 5.50. The first-order chi connectivity index (χ1) is 6.76. The maximum Gasteiger partial charge on any atom is 0.237 e. The first-order valence-corrected chi connectivity index (χ1v) is 4.48. The van der Waals surface area contributed by atoms with Gasteiger partial charge >= 0.3 is 0 Å². The Bertz CT molecular complexity index is 425. The van der Waals surface area contributed by atoms with Crippen LogP contribution in [-0.4, -0.2) is 18.2 Å². The number of rotatable bonds is 1. The van der Waals surface area contributed by atoms with Crippen LogP contribution in [0.15, 0.2) is 9.41 Å². The van der Waals surface area contributed by atoms with Gasteiger partial charge in [-0.25, -0.2) is 4.99 Å². The van der Waals surface area contributed by atoms with E-state index in [2.05, 4.69) is 16.0 Å². The van der Waals surface area contributed by atoms with Crippen molar-refractivity contribution in [3.63, 3.8) is 0 Å². The Kier molecular flexibility index (Phi) is 2.10. The standard InChI is InChI=1S/C10H11N3O/c1-3-12-10-7(4-11)8-5-13(2)6-9(8)14-10/h3H,5-6H2,1-2H3/b12-3+. The molecule has 2 rings (SSSR count). The molecule has 0 N–H and O–H groups in total. The van der Waals surface area contributed by atoms with Gasteiger partial charge in [-0.3, -0.25) is 4.90 Å². The molecular weight excluding hydrogens is 178 g/mol. The summed E-state index contributed by atoms with van der Waals surface area (Å²) in [7, 11) is 2.00. The molecule has 0 saturated heterocycles. The van der Waals surface area contributed by atoms with Crippen LogP contribution in [-0.2, 0) is 13.1 Å². The van der Waals surface area contributed by atoms with Crippen LogP contribution in [0.3, 0.4) is 0 Å². The van der Waals surface area contributed by atoms with E-state index in [1.165, 1.54) is 0 Å². The van der Waals surface area contributed by atoms with Crippen molar-refractivity contribution in [2.24, 2.45) is 4.99 Å². The number of hydrogen-bond acceptors (Lipinski definition) is 4. The van der Waals surface area contributed by atoms with Crippen LogP contribution in [0.5, 0.6) is 0 Å². The lowest BCUT2D eigenvalue weighted by Gasteiger charge is -2.04. The Hall–Kier alpha value is -1.60. The van der Waals surface area contributed by atoms with Crippen molar-refractivity contribution < 1.29 is 4.42 Å². The highest BCUT2D eigenvalue weighted by molar-refractivity contribution is 5.63. The molecule has 14 heavy (non-hydrogen) atoms. The molecule has 0 aromatic carbocycles. The fraction of sp³-hybridized carbons (Fsp3) is 0.400. The van der Waals surface area contributed by atoms with Crippen molar-refractivity contribution in [3.05, 3.63) is 16.9 Å². The van der Waals surface area contributed by atoms with Gasteiger partial charge in [0.25, 0.3) is 0 Å². The second-order valence-electron chi connectivity index (χ2n) is 3.36. The van der Waals surface area contributed by atoms with E-state index in [-0.39, 0.29) is 0 Å². The van der Waals surface area contributed by atoms with Gasteiger partial charge in [-0.2, -0.15) is 5.26 Å². The van der Waals surface area contributed by atoms with E-state index >= 15 is 0 Å². The molecular formula is C10H11N3O. The van der Waals surface area contributed by atoms with Gasteiger partial charge in [-0.15, -0.1) is 0 Å². The Morgan fingerprint density at radius 3 is 3.00 bits per heavy atom. The molecule has 0 unspecified atom stereocenters. The Morgan fingerprint density at radius 2 is 2.36 bits per heavy atom. The molecule has 72 valence electrons. The third-order valence-corrected chi connectivity index (χ3v) is 2.27. The van der Waals surface area contributed by atoms with E-state index in [1.807, 2.05) is 7.05 Å². The zero-order valence-corrected chi connectivity index (χ0v) is 8.24. The fourth-order valence-corrected chi connectivity index (χ4v) is 1.69. The third-order valence-electron chi connectivity index (χ3n) is 2.27. The predicted molar refractivity (Wildman–Crippen MR) is 52.4 cm³/mol. The summed E-state index contributed by atoms with van der Waals surface area (Å²) in [6, 6.07) is 2.15. The maximum atomic E-state index is 8.98. The van der Waals surface area contributed by atoms with E-state index in [4.69, 9.17) is 9.68 Å². The van der Waals surface area contributed by atoms with Crippen LogP contribution >= 0.6 is 0 Å². The molecule has 0 atom stereocenters. The highest BCUT2D eigenvalue weighted by Crippen LogP contribution is 2.34. The Labute approximate surface area is 82.5 Å². The van der Waals surface area contributed by atoms with Gasteiger partial charge in [0.2, 0.25) is 5.88 Å². The van der Waals surface area contributed by atoms with Gasteiger partial charge in [0, 0.05) is 18.3 Å². The molecule has 0 aliphatic carbocycles. The third kappa shape index (κ3) is 1.22. The Morgan fingerprint density at radius 1 is 1.57 bits per heavy atom. The lowest BCUT2D eigenvalue weighted by atomic mass is 10.2. The molecule has 1 aromatic heterocycles. The molecule has 4 nitrogen and oxygen atoms in total. The monoisotopic (exact) mass is 189 g/mol. The number of nitriles is 1. The molecule has 0 saturated carbocycles. The van der Waals surface area contributed by atoms with Crippen molar-refractivity contribution in [2.45, 2.75) is 20.0 Å². The molecule has 0 bridgehead atoms. The van der Waals surface area contributed by atoms with Crippen LogP contribution in [0.25, 0.3) is 0 Å². The van der Waals surface area contributed by atoms with Gasteiger partial charge in [0.15, 0.2) is 0 Å². The number of hydrogen-bond donors (Lipinski definition) is 0. The van der Waals surface area contributed by atoms with Crippen LogP contribution in [0.2, 0.25) is 0 Å². The molecule has 1 aromatic rings. The van der Waals surface area contributed by atoms with Gasteiger partial charge in [-0.1, -0.05) is 0 Å². The summed E-state index contributed by atoms with van der Waals surface area (Å²) in [5.41, 5.74) is 1.58. The lowest BCUT2D eigenvalue weighted by molar-refractivity contribution is 0.329. The second kappa shape index (κ2) is 3.28. The summed E-state index contributed by atoms with van der Waals surface area (Å²) in [5.74, 6) is 1.33. The zero-order valence-electron chi connectivity index (χ0n) is 8.24. The first-order valence-electron chi connectivity index (χ1n) is 4.48. The minimum absolute atomic E-state index is 0.452. The van der Waals surface area contributed by atoms with Crippen LogP contribution < -0.4 is 0 Å². The average molecular weight is 189 g/mol. The number of nitrogens with zero attached hydrogens (tertiary/aromatic N) is 3. The van der Waals surface area contributed by atoms with Gasteiger partial charge in [-0.05, 0) is 14.0 Å². The van der Waals surface area contributed by atoms with E-state index < -0.39 is 0 Å². The lowest BCUT2D eigenvalue weighted by Crippen LogP contribution is -2.08. The fourth-order valence-electron chi connectivity index (χ4n) is 1.69. The van der Waals surface area contributed by atoms with E-state index in [0.29, 0.717) is 11.4 Å². The summed E-state index contributed by atoms with van der Waals surface area (Å²) in [6.45, 7) is 3.35. The molecule has 1 aliphatic rings. The van der Waals surface area contributed by atoms with Crippen LogP contribution in [0.1, 0.15) is 23.8 Å². The van der Waals surface area contributed by atoms with E-state index in [1.54, 1.807) is 13.1 Å². The largest absolute Gasteiger partial charge is 0.440 e. The number of aliphatic imine (C=N–C) groups is 1.